The first-order valence-electron chi connectivity index (χ1n) is 2.94. The average molecular weight is 143 g/mol. The molecule has 52 valence electrons. The first-order chi connectivity index (χ1) is 5.33. The summed E-state index contributed by atoms with van der Waals surface area (Å²) in [5.41, 5.74) is 6.56. The smallest absolute Gasteiger partial charge is 0.152 e. The second-order valence-corrected chi connectivity index (χ2v) is 1.84. The van der Waals surface area contributed by atoms with E-state index in [-0.39, 0.29) is 0 Å². The minimum absolute atomic E-state index is 0.520. The van der Waals surface area contributed by atoms with Crippen LogP contribution in [0.4, 0.5) is 5.69 Å². The van der Waals surface area contributed by atoms with Gasteiger partial charge in [0.2, 0.25) is 0 Å². The van der Waals surface area contributed by atoms with Gasteiger partial charge in [0.1, 0.15) is 5.69 Å². The van der Waals surface area contributed by atoms with Crippen molar-refractivity contribution in [1.29, 1.82) is 5.26 Å². The number of hydrogen-bond donors (Lipinski definition) is 1. The van der Waals surface area contributed by atoms with Gasteiger partial charge in [0, 0.05) is 17.8 Å². The van der Waals surface area contributed by atoms with E-state index < -0.39 is 0 Å². The molecule has 0 aliphatic rings. The Kier molecular flexibility index (Phi) is 2.09. The Hall–Kier alpha value is -2.00. The minimum Gasteiger partial charge on any atom is -0.399 e. The van der Waals surface area contributed by atoms with Crippen molar-refractivity contribution in [2.45, 2.75) is 0 Å². The summed E-state index contributed by atoms with van der Waals surface area (Å²) in [6, 6.07) is 4.97. The normalized spacial score (nSPS) is 7.55. The van der Waals surface area contributed by atoms with Gasteiger partial charge in [-0.15, -0.1) is 0 Å². The highest BCUT2D eigenvalue weighted by atomic mass is 14.7. The summed E-state index contributed by atoms with van der Waals surface area (Å²) in [4.78, 5) is 3.87. The number of nitrogens with zero attached hydrogens (tertiary/aromatic N) is 2. The van der Waals surface area contributed by atoms with Crippen LogP contribution in [0.25, 0.3) is 0 Å². The molecule has 11 heavy (non-hydrogen) atoms. The summed E-state index contributed by atoms with van der Waals surface area (Å²) < 4.78 is 0. The molecule has 0 fully saturated rings. The molecule has 0 bridgehead atoms. The number of anilines is 1. The van der Waals surface area contributed by atoms with E-state index in [0.717, 1.165) is 0 Å². The predicted molar refractivity (Wildman–Crippen MR) is 41.1 cm³/mol. The van der Waals surface area contributed by atoms with E-state index in [1.807, 2.05) is 0 Å². The molecule has 1 heterocycles. The Morgan fingerprint density at radius 1 is 1.55 bits per heavy atom. The molecular weight excluding hydrogens is 138 g/mol. The fraction of sp³-hybridized carbons (Fsp3) is 0. The monoisotopic (exact) mass is 143 g/mol. The number of nitrogen functional groups attached to an aromatic ring is 1. The lowest BCUT2D eigenvalue weighted by molar-refractivity contribution is 1.29. The van der Waals surface area contributed by atoms with Crippen LogP contribution in [-0.2, 0) is 0 Å². The molecule has 0 atom stereocenters. The fourth-order valence-electron chi connectivity index (χ4n) is 0.607. The average Bonchev–Trinajstić information content (AvgIpc) is 2.01. The van der Waals surface area contributed by atoms with Crippen molar-refractivity contribution in [3.8, 4) is 17.9 Å². The zero-order valence-corrected chi connectivity index (χ0v) is 5.70. The Morgan fingerprint density at radius 2 is 2.36 bits per heavy atom. The van der Waals surface area contributed by atoms with Crippen molar-refractivity contribution in [2.75, 3.05) is 5.73 Å². The molecule has 1 aromatic heterocycles. The van der Waals surface area contributed by atoms with Crippen LogP contribution in [0.2, 0.25) is 0 Å². The third-order valence-electron chi connectivity index (χ3n) is 1.03. The van der Waals surface area contributed by atoms with Crippen molar-refractivity contribution in [2.24, 2.45) is 0 Å². The summed E-state index contributed by atoms with van der Waals surface area (Å²) in [6.07, 6.45) is 1.55. The maximum absolute atomic E-state index is 8.11. The Labute approximate surface area is 64.5 Å². The van der Waals surface area contributed by atoms with E-state index in [9.17, 15) is 0 Å². The van der Waals surface area contributed by atoms with E-state index in [1.165, 1.54) is 0 Å². The predicted octanol–water partition coefficient (Wildman–Crippen LogP) is 0.539. The van der Waals surface area contributed by atoms with Crippen LogP contribution in [0.1, 0.15) is 5.69 Å². The Bertz CT molecular complexity index is 352. The van der Waals surface area contributed by atoms with Gasteiger partial charge in [-0.25, -0.2) is 4.98 Å². The molecule has 3 heteroatoms. The summed E-state index contributed by atoms with van der Waals surface area (Å²) >= 11 is 0. The third kappa shape index (κ3) is 2.00. The van der Waals surface area contributed by atoms with Crippen molar-refractivity contribution < 1.29 is 0 Å². The first kappa shape index (κ1) is 7.11. The molecule has 0 saturated heterocycles. The zero-order valence-electron chi connectivity index (χ0n) is 5.70. The standard InChI is InChI=1S/C8H5N3/c9-4-1-2-8-6-7(10)3-5-11-8/h3,5-6H,(H2,10,11). The highest BCUT2D eigenvalue weighted by Crippen LogP contribution is 2.00. The van der Waals surface area contributed by atoms with Gasteiger partial charge in [0.05, 0.1) is 0 Å². The van der Waals surface area contributed by atoms with E-state index in [2.05, 4.69) is 16.8 Å². The molecule has 0 spiro atoms. The van der Waals surface area contributed by atoms with Crippen LogP contribution in [0.5, 0.6) is 0 Å². The Balaban J connectivity index is 2.99. The van der Waals surface area contributed by atoms with Crippen LogP contribution in [0, 0.1) is 23.2 Å². The van der Waals surface area contributed by atoms with E-state index in [1.54, 1.807) is 24.4 Å². The molecule has 1 rings (SSSR count). The lowest BCUT2D eigenvalue weighted by Crippen LogP contribution is -1.87. The molecule has 0 aliphatic heterocycles. The summed E-state index contributed by atoms with van der Waals surface area (Å²) in [5, 5.41) is 8.11. The van der Waals surface area contributed by atoms with Gasteiger partial charge in [-0.2, -0.15) is 5.26 Å². The number of nitriles is 1. The van der Waals surface area contributed by atoms with Crippen LogP contribution in [-0.4, -0.2) is 4.98 Å². The van der Waals surface area contributed by atoms with E-state index in [0.29, 0.717) is 11.4 Å². The fourth-order valence-corrected chi connectivity index (χ4v) is 0.607. The third-order valence-corrected chi connectivity index (χ3v) is 1.03. The molecular formula is C8H5N3. The molecule has 0 unspecified atom stereocenters. The van der Waals surface area contributed by atoms with Crippen LogP contribution < -0.4 is 5.73 Å². The molecule has 1 aromatic rings. The van der Waals surface area contributed by atoms with Crippen LogP contribution in [0.3, 0.4) is 0 Å². The van der Waals surface area contributed by atoms with Crippen LogP contribution >= 0.6 is 0 Å². The van der Waals surface area contributed by atoms with Crippen LogP contribution in [0.15, 0.2) is 18.3 Å². The van der Waals surface area contributed by atoms with Gasteiger partial charge < -0.3 is 5.73 Å². The van der Waals surface area contributed by atoms with E-state index >= 15 is 0 Å². The van der Waals surface area contributed by atoms with Gasteiger partial charge >= 0.3 is 0 Å². The SMILES string of the molecule is N#CC#Cc1cc(N)ccn1. The number of hydrogen-bond acceptors (Lipinski definition) is 3. The van der Waals surface area contributed by atoms with Crippen molar-refractivity contribution >= 4 is 5.69 Å². The largest absolute Gasteiger partial charge is 0.399 e. The molecule has 3 nitrogen and oxygen atoms in total. The second-order valence-electron chi connectivity index (χ2n) is 1.84. The quantitative estimate of drug-likeness (QED) is 0.539. The van der Waals surface area contributed by atoms with Gasteiger partial charge in [0.25, 0.3) is 0 Å². The zero-order chi connectivity index (χ0) is 8.10. The molecule has 0 amide bonds. The van der Waals surface area contributed by atoms with Gasteiger partial charge in [-0.1, -0.05) is 0 Å². The number of pyridine rings is 1. The molecule has 0 aliphatic carbocycles. The summed E-state index contributed by atoms with van der Waals surface area (Å²) in [5.74, 6) is 4.76. The van der Waals surface area contributed by atoms with E-state index in [4.69, 9.17) is 11.0 Å². The van der Waals surface area contributed by atoms with Gasteiger partial charge in [-0.3, -0.25) is 0 Å². The summed E-state index contributed by atoms with van der Waals surface area (Å²) in [7, 11) is 0. The number of rotatable bonds is 0. The van der Waals surface area contributed by atoms with Gasteiger partial charge in [-0.05, 0) is 18.1 Å². The van der Waals surface area contributed by atoms with Crippen molar-refractivity contribution in [1.82, 2.24) is 4.98 Å². The molecule has 0 radical (unpaired) electrons. The molecule has 0 saturated carbocycles. The maximum atomic E-state index is 8.11. The van der Waals surface area contributed by atoms with Crippen molar-refractivity contribution in [3.05, 3.63) is 24.0 Å². The molecule has 2 N–H and O–H groups in total. The first-order valence-corrected chi connectivity index (χ1v) is 2.94. The number of aromatic nitrogens is 1. The molecule has 0 aromatic carbocycles. The second kappa shape index (κ2) is 3.24. The van der Waals surface area contributed by atoms with Gasteiger partial charge in [0.15, 0.2) is 6.07 Å². The number of nitrogens with two attached hydrogens (primary N) is 1. The Morgan fingerprint density at radius 3 is 3.00 bits per heavy atom. The maximum Gasteiger partial charge on any atom is 0.152 e. The highest BCUT2D eigenvalue weighted by Gasteiger charge is 1.87. The summed E-state index contributed by atoms with van der Waals surface area (Å²) in [6.45, 7) is 0. The lowest BCUT2D eigenvalue weighted by Gasteiger charge is -1.90. The highest BCUT2D eigenvalue weighted by molar-refractivity contribution is 5.43. The topological polar surface area (TPSA) is 62.7 Å². The van der Waals surface area contributed by atoms with Crippen molar-refractivity contribution in [3.63, 3.8) is 0 Å². The lowest BCUT2D eigenvalue weighted by atomic mass is 10.3. The minimum atomic E-state index is 0.520.